The van der Waals surface area contributed by atoms with E-state index in [0.29, 0.717) is 25.7 Å². The highest BCUT2D eigenvalue weighted by atomic mass is 31.2. The summed E-state index contributed by atoms with van der Waals surface area (Å²) < 4.78 is 39.4. The van der Waals surface area contributed by atoms with E-state index in [1.807, 2.05) is 12.2 Å². The van der Waals surface area contributed by atoms with Gasteiger partial charge in [0.05, 0.1) is 19.8 Å². The summed E-state index contributed by atoms with van der Waals surface area (Å²) >= 11 is 0. The van der Waals surface area contributed by atoms with Crippen molar-refractivity contribution >= 4 is 25.7 Å². The Bertz CT molecular complexity index is 1740. The van der Waals surface area contributed by atoms with Crippen LogP contribution >= 0.6 is 7.82 Å². The van der Waals surface area contributed by atoms with Crippen LogP contribution in [0.15, 0.2) is 122 Å². The second-order valence-electron chi connectivity index (χ2n) is 19.0. The lowest BCUT2D eigenvalue weighted by atomic mass is 10.1. The van der Waals surface area contributed by atoms with Gasteiger partial charge in [0.15, 0.2) is 6.10 Å². The van der Waals surface area contributed by atoms with E-state index in [-0.39, 0.29) is 25.9 Å². The second-order valence-corrected chi connectivity index (χ2v) is 20.5. The predicted molar refractivity (Wildman–Crippen MR) is 316 cm³/mol. The van der Waals surface area contributed by atoms with E-state index < -0.39 is 57.8 Å². The minimum absolute atomic E-state index is 0.0338. The average molecular weight is 1080 g/mol. The van der Waals surface area contributed by atoms with Crippen LogP contribution in [0, 0.1) is 0 Å². The molecule has 12 heteroatoms. The number of phosphoric acid groups is 1. The van der Waals surface area contributed by atoms with Crippen LogP contribution in [-0.4, -0.2) is 66.5 Å². The third-order valence-electron chi connectivity index (χ3n) is 11.9. The molecule has 0 saturated heterocycles. The second kappa shape index (κ2) is 57.1. The van der Waals surface area contributed by atoms with Gasteiger partial charge in [-0.1, -0.05) is 232 Å². The zero-order valence-corrected chi connectivity index (χ0v) is 48.6. The molecule has 0 spiro atoms. The third kappa shape index (κ3) is 54.7. The summed E-state index contributed by atoms with van der Waals surface area (Å²) in [5.41, 5.74) is 0. The summed E-state index contributed by atoms with van der Waals surface area (Å²) in [6, 6.07) is 0. The number of aliphatic hydroxyl groups is 1. The van der Waals surface area contributed by atoms with Crippen LogP contribution in [0.2, 0.25) is 0 Å². The Kier molecular flexibility index (Phi) is 54.0. The summed E-state index contributed by atoms with van der Waals surface area (Å²) in [4.78, 5) is 48.5. The van der Waals surface area contributed by atoms with Gasteiger partial charge >= 0.3 is 25.7 Å². The maximum absolute atomic E-state index is 12.9. The lowest BCUT2D eigenvalue weighted by Crippen LogP contribution is -2.30. The Labute approximate surface area is 462 Å². The fourth-order valence-corrected chi connectivity index (χ4v) is 8.27. The van der Waals surface area contributed by atoms with Gasteiger partial charge in [0, 0.05) is 19.3 Å². The van der Waals surface area contributed by atoms with Gasteiger partial charge in [-0.05, 0) is 96.3 Å². The number of phosphoric ester groups is 1. The molecule has 0 saturated carbocycles. The Balaban J connectivity index is 4.87. The van der Waals surface area contributed by atoms with E-state index in [4.69, 9.17) is 23.3 Å². The van der Waals surface area contributed by atoms with Crippen molar-refractivity contribution in [3.63, 3.8) is 0 Å². The zero-order valence-electron chi connectivity index (χ0n) is 47.7. The Hall–Kier alpha value is -4.12. The van der Waals surface area contributed by atoms with Crippen molar-refractivity contribution in [3.05, 3.63) is 122 Å². The molecule has 0 amide bonds. The minimum atomic E-state index is -4.78. The van der Waals surface area contributed by atoms with Crippen molar-refractivity contribution in [2.24, 2.45) is 0 Å². The summed E-state index contributed by atoms with van der Waals surface area (Å²) in [5, 5.41) is 9.80. The van der Waals surface area contributed by atoms with Crippen LogP contribution in [0.5, 0.6) is 0 Å². The molecule has 432 valence electrons. The highest BCUT2D eigenvalue weighted by Crippen LogP contribution is 2.43. The van der Waals surface area contributed by atoms with E-state index in [1.165, 1.54) is 44.9 Å². The molecular formula is C64H105O11P. The quantitative estimate of drug-likeness (QED) is 0.0197. The molecule has 0 fully saturated rings. The first-order valence-electron chi connectivity index (χ1n) is 29.4. The number of unbranched alkanes of at least 4 members (excludes halogenated alkanes) is 16. The van der Waals surface area contributed by atoms with E-state index in [9.17, 15) is 28.9 Å². The van der Waals surface area contributed by atoms with Crippen LogP contribution in [0.4, 0.5) is 0 Å². The highest BCUT2D eigenvalue weighted by Gasteiger charge is 2.28. The Morgan fingerprint density at radius 1 is 0.382 bits per heavy atom. The molecule has 11 nitrogen and oxygen atoms in total. The number of hydrogen-bond acceptors (Lipinski definition) is 10. The molecule has 0 aromatic rings. The van der Waals surface area contributed by atoms with E-state index in [0.717, 1.165) is 116 Å². The standard InChI is InChI=1S/C64H105O11P/c1-4-7-10-13-16-19-22-24-26-28-30-32-34-36-39-41-44-47-50-53-62(66)71-57-61(75-64(68)55-52-49-46-43-40-37-35-33-31-29-27-25-23-20-17-14-11-8-5-2)59-73-76(69,70)72-58-60(56-65)74-63(67)54-51-48-45-42-38-21-18-15-12-9-6-3/h7-8,10-11,16-17,19-20,24-27,30-33,37,40,46,49,60-61,65H,4-6,9,12-15,18,21-23,28-29,34-36,38-39,41-45,47-48,50-59H2,1-3H3,(H,69,70)/b10-7-,11-8-,19-16-,20-17-,26-24-,27-25-,32-30-,33-31-,40-37-,49-46-. The lowest BCUT2D eigenvalue weighted by Gasteiger charge is -2.21. The molecule has 0 bridgehead atoms. The first kappa shape index (κ1) is 71.9. The van der Waals surface area contributed by atoms with Gasteiger partial charge < -0.3 is 24.2 Å². The normalized spacial score (nSPS) is 14.2. The molecule has 0 aliphatic heterocycles. The SMILES string of the molecule is CC/C=C\C/C=C\C/C=C\C/C=C\C/C=C\C/C=C\CCC(=O)OC(COC(=O)CCCCCCCC/C=C\C/C=C\C/C=C\C/C=C\CC)COP(=O)(O)OCC(CO)OC(=O)CCCCCCCCCCCCC. The molecular weight excluding hydrogens is 976 g/mol. The number of carbonyl (C=O) groups excluding carboxylic acids is 3. The number of carbonyl (C=O) groups is 3. The summed E-state index contributed by atoms with van der Waals surface area (Å²) in [6.07, 6.45) is 70.3. The number of hydrogen-bond donors (Lipinski definition) is 2. The first-order valence-corrected chi connectivity index (χ1v) is 30.9. The topological polar surface area (TPSA) is 155 Å². The molecule has 0 rings (SSSR count). The van der Waals surface area contributed by atoms with Crippen LogP contribution in [0.1, 0.15) is 226 Å². The molecule has 76 heavy (non-hydrogen) atoms. The van der Waals surface area contributed by atoms with E-state index in [2.05, 4.69) is 130 Å². The Morgan fingerprint density at radius 2 is 0.711 bits per heavy atom. The van der Waals surface area contributed by atoms with Crippen LogP contribution in [0.3, 0.4) is 0 Å². The molecule has 0 aromatic heterocycles. The number of esters is 3. The Morgan fingerprint density at radius 3 is 1.13 bits per heavy atom. The van der Waals surface area contributed by atoms with Crippen LogP contribution in [-0.2, 0) is 42.2 Å². The fourth-order valence-electron chi connectivity index (χ4n) is 7.49. The molecule has 3 unspecified atom stereocenters. The fraction of sp³-hybridized carbons (Fsp3) is 0.641. The maximum atomic E-state index is 12.9. The van der Waals surface area contributed by atoms with Gasteiger partial charge in [-0.3, -0.25) is 23.4 Å². The van der Waals surface area contributed by atoms with Gasteiger partial charge in [0.1, 0.15) is 12.7 Å². The average Bonchev–Trinajstić information content (AvgIpc) is 3.41. The molecule has 0 aliphatic rings. The summed E-state index contributed by atoms with van der Waals surface area (Å²) in [7, 11) is -4.78. The van der Waals surface area contributed by atoms with Gasteiger partial charge in [0.2, 0.25) is 0 Å². The van der Waals surface area contributed by atoms with Crippen molar-refractivity contribution < 1.29 is 52.2 Å². The van der Waals surface area contributed by atoms with Gasteiger partial charge in [-0.25, -0.2) is 4.57 Å². The van der Waals surface area contributed by atoms with Crippen molar-refractivity contribution in [1.29, 1.82) is 0 Å². The summed E-state index contributed by atoms with van der Waals surface area (Å²) in [6.45, 7) is 4.30. The van der Waals surface area contributed by atoms with E-state index >= 15 is 0 Å². The van der Waals surface area contributed by atoms with Crippen molar-refractivity contribution in [1.82, 2.24) is 0 Å². The van der Waals surface area contributed by atoms with Gasteiger partial charge in [-0.15, -0.1) is 0 Å². The summed E-state index contributed by atoms with van der Waals surface area (Å²) in [5.74, 6) is -1.59. The van der Waals surface area contributed by atoms with E-state index in [1.54, 1.807) is 0 Å². The molecule has 2 N–H and O–H groups in total. The first-order chi connectivity index (χ1) is 37.2. The van der Waals surface area contributed by atoms with Crippen molar-refractivity contribution in [2.45, 2.75) is 238 Å². The van der Waals surface area contributed by atoms with Gasteiger partial charge in [-0.2, -0.15) is 0 Å². The van der Waals surface area contributed by atoms with Crippen LogP contribution < -0.4 is 0 Å². The lowest BCUT2D eigenvalue weighted by molar-refractivity contribution is -0.161. The third-order valence-corrected chi connectivity index (χ3v) is 12.8. The number of rotatable bonds is 53. The smallest absolute Gasteiger partial charge is 0.462 e. The zero-order chi connectivity index (χ0) is 55.5. The van der Waals surface area contributed by atoms with Gasteiger partial charge in [0.25, 0.3) is 0 Å². The monoisotopic (exact) mass is 1080 g/mol. The molecule has 0 radical (unpaired) electrons. The maximum Gasteiger partial charge on any atom is 0.472 e. The largest absolute Gasteiger partial charge is 0.472 e. The minimum Gasteiger partial charge on any atom is -0.462 e. The van der Waals surface area contributed by atoms with Crippen molar-refractivity contribution in [3.8, 4) is 0 Å². The molecule has 0 aromatic carbocycles. The predicted octanol–water partition coefficient (Wildman–Crippen LogP) is 17.6. The molecule has 3 atom stereocenters. The molecule has 0 aliphatic carbocycles. The molecule has 0 heterocycles. The van der Waals surface area contributed by atoms with Crippen LogP contribution in [0.25, 0.3) is 0 Å². The number of allylic oxidation sites excluding steroid dienone is 20. The number of ether oxygens (including phenoxy) is 3. The number of aliphatic hydroxyl groups excluding tert-OH is 1. The van der Waals surface area contributed by atoms with Crippen molar-refractivity contribution in [2.75, 3.05) is 26.4 Å². The highest BCUT2D eigenvalue weighted by molar-refractivity contribution is 7.47.